The third kappa shape index (κ3) is 1.02. The first-order chi connectivity index (χ1) is 5.17. The average molecular weight is 153 g/mol. The van der Waals surface area contributed by atoms with Crippen molar-refractivity contribution in [1.82, 2.24) is 0 Å². The summed E-state index contributed by atoms with van der Waals surface area (Å²) in [5, 5.41) is 0.884. The van der Waals surface area contributed by atoms with Crippen molar-refractivity contribution in [2.24, 2.45) is 4.99 Å². The molecule has 1 aliphatic rings. The Hall–Kier alpha value is -1.25. The minimum Gasteiger partial charge on any atom is -0.212 e. The van der Waals surface area contributed by atoms with Crippen molar-refractivity contribution in [2.75, 3.05) is 0 Å². The van der Waals surface area contributed by atoms with Crippen LogP contribution in [0.3, 0.4) is 0 Å². The van der Waals surface area contributed by atoms with Crippen molar-refractivity contribution >= 4 is 6.08 Å². The van der Waals surface area contributed by atoms with Crippen LogP contribution in [0.4, 0.5) is 8.78 Å². The number of hydrogen-bond acceptors (Lipinski definition) is 1. The van der Waals surface area contributed by atoms with E-state index in [2.05, 4.69) is 4.99 Å². The maximum Gasteiger partial charge on any atom is 0.363 e. The third-order valence-electron chi connectivity index (χ3n) is 1.54. The number of benzene rings is 1. The van der Waals surface area contributed by atoms with E-state index in [9.17, 15) is 8.78 Å². The van der Waals surface area contributed by atoms with Crippen molar-refractivity contribution in [3.63, 3.8) is 0 Å². The molecule has 1 aromatic rings. The van der Waals surface area contributed by atoms with Gasteiger partial charge >= 0.3 is 6.05 Å². The van der Waals surface area contributed by atoms with Gasteiger partial charge in [-0.05, 0) is 6.07 Å². The summed E-state index contributed by atoms with van der Waals surface area (Å²) in [5.41, 5.74) is 0. The number of hydrogen-bond donors (Lipinski definition) is 0. The standard InChI is InChI=1S/C8H5F2N/c9-8(10)5-6-3-1-2-4-7(6)11-8/h1-5H. The van der Waals surface area contributed by atoms with Gasteiger partial charge in [-0.1, -0.05) is 18.2 Å². The summed E-state index contributed by atoms with van der Waals surface area (Å²) in [4.78, 5) is 3.20. The average Bonchev–Trinajstić information content (AvgIpc) is 2.21. The van der Waals surface area contributed by atoms with E-state index in [0.29, 0.717) is 10.6 Å². The van der Waals surface area contributed by atoms with Crippen LogP contribution in [0.25, 0.3) is 6.08 Å². The molecule has 0 N–H and O–H groups in total. The summed E-state index contributed by atoms with van der Waals surface area (Å²) < 4.78 is 25.0. The highest BCUT2D eigenvalue weighted by Gasteiger charge is 2.26. The molecule has 1 nitrogen and oxygen atoms in total. The zero-order valence-electron chi connectivity index (χ0n) is 5.59. The van der Waals surface area contributed by atoms with Crippen molar-refractivity contribution in [1.29, 1.82) is 0 Å². The number of rotatable bonds is 0. The Morgan fingerprint density at radius 3 is 2.64 bits per heavy atom. The molecule has 56 valence electrons. The number of para-hydroxylation sites is 1. The number of nitrogens with zero attached hydrogens (tertiary/aromatic N) is 1. The van der Waals surface area contributed by atoms with Gasteiger partial charge in [0, 0.05) is 11.3 Å². The lowest BCUT2D eigenvalue weighted by molar-refractivity contribution is 0.0834. The van der Waals surface area contributed by atoms with E-state index in [0.717, 1.165) is 6.08 Å². The summed E-state index contributed by atoms with van der Waals surface area (Å²) >= 11 is 0. The van der Waals surface area contributed by atoms with Gasteiger partial charge in [0.05, 0.1) is 5.36 Å². The van der Waals surface area contributed by atoms with Crippen molar-refractivity contribution in [3.8, 4) is 0 Å². The first kappa shape index (κ1) is 6.46. The minimum atomic E-state index is -3.00. The van der Waals surface area contributed by atoms with Crippen LogP contribution in [-0.2, 0) is 0 Å². The zero-order chi connectivity index (χ0) is 7.90. The Kier molecular flexibility index (Phi) is 1.10. The molecule has 0 unspecified atom stereocenters. The summed E-state index contributed by atoms with van der Waals surface area (Å²) in [6.07, 6.45) is 0.863. The van der Waals surface area contributed by atoms with Crippen LogP contribution in [0.2, 0.25) is 0 Å². The topological polar surface area (TPSA) is 12.4 Å². The van der Waals surface area contributed by atoms with E-state index in [1.165, 1.54) is 0 Å². The second-order valence-corrected chi connectivity index (χ2v) is 2.40. The summed E-state index contributed by atoms with van der Waals surface area (Å²) in [5.74, 6) is 0. The molecule has 11 heavy (non-hydrogen) atoms. The van der Waals surface area contributed by atoms with Crippen LogP contribution in [0.5, 0.6) is 0 Å². The molecular formula is C8H5F2N. The number of alkyl halides is 2. The molecule has 1 aliphatic heterocycles. The van der Waals surface area contributed by atoms with Crippen LogP contribution in [0.1, 0.15) is 0 Å². The fourth-order valence-corrected chi connectivity index (χ4v) is 1.09. The predicted molar refractivity (Wildman–Crippen MR) is 36.6 cm³/mol. The molecule has 0 spiro atoms. The maximum absolute atomic E-state index is 12.5. The molecule has 1 aromatic carbocycles. The SMILES string of the molecule is FC1(F)C=c2ccccc2=N1. The lowest BCUT2D eigenvalue weighted by Crippen LogP contribution is -2.19. The molecule has 1 heterocycles. The number of fused-ring (bicyclic) bond motifs is 1. The first-order valence-electron chi connectivity index (χ1n) is 3.23. The van der Waals surface area contributed by atoms with Crippen LogP contribution < -0.4 is 10.6 Å². The molecule has 0 fully saturated rings. The highest BCUT2D eigenvalue weighted by molar-refractivity contribution is 5.34. The fraction of sp³-hybridized carbons (Fsp3) is 0.125. The van der Waals surface area contributed by atoms with Gasteiger partial charge in [0.1, 0.15) is 0 Å². The predicted octanol–water partition coefficient (Wildman–Crippen LogP) is 0.693. The minimum absolute atomic E-state index is 0.373. The van der Waals surface area contributed by atoms with E-state index < -0.39 is 6.05 Å². The normalized spacial score (nSPS) is 18.4. The Bertz CT molecular complexity index is 358. The number of halogens is 2. The Labute approximate surface area is 61.7 Å². The van der Waals surface area contributed by atoms with Gasteiger partial charge in [-0.3, -0.25) is 0 Å². The van der Waals surface area contributed by atoms with Crippen molar-refractivity contribution < 1.29 is 8.78 Å². The van der Waals surface area contributed by atoms with E-state index in [1.807, 2.05) is 0 Å². The molecule has 0 aliphatic carbocycles. The van der Waals surface area contributed by atoms with Crippen molar-refractivity contribution in [3.05, 3.63) is 34.8 Å². The molecular weight excluding hydrogens is 148 g/mol. The lowest BCUT2D eigenvalue weighted by atomic mass is 10.3. The van der Waals surface area contributed by atoms with Gasteiger partial charge in [-0.15, -0.1) is 0 Å². The van der Waals surface area contributed by atoms with E-state index in [-0.39, 0.29) is 0 Å². The van der Waals surface area contributed by atoms with Gasteiger partial charge in [-0.25, -0.2) is 4.99 Å². The van der Waals surface area contributed by atoms with E-state index in [1.54, 1.807) is 24.3 Å². The molecule has 2 rings (SSSR count). The van der Waals surface area contributed by atoms with E-state index in [4.69, 9.17) is 0 Å². The summed E-state index contributed by atoms with van der Waals surface area (Å²) in [6.45, 7) is 0. The highest BCUT2D eigenvalue weighted by Crippen LogP contribution is 2.17. The second kappa shape index (κ2) is 1.87. The van der Waals surface area contributed by atoms with Gasteiger partial charge in [-0.2, -0.15) is 8.78 Å². The van der Waals surface area contributed by atoms with Gasteiger partial charge in [0.2, 0.25) is 0 Å². The molecule has 0 bridgehead atoms. The molecule has 0 aromatic heterocycles. The molecule has 0 amide bonds. The second-order valence-electron chi connectivity index (χ2n) is 2.40. The zero-order valence-corrected chi connectivity index (χ0v) is 5.59. The van der Waals surface area contributed by atoms with Gasteiger partial charge in [0.25, 0.3) is 0 Å². The van der Waals surface area contributed by atoms with Crippen LogP contribution in [0.15, 0.2) is 29.3 Å². The first-order valence-corrected chi connectivity index (χ1v) is 3.23. The molecule has 0 saturated heterocycles. The smallest absolute Gasteiger partial charge is 0.212 e. The van der Waals surface area contributed by atoms with Crippen LogP contribution >= 0.6 is 0 Å². The maximum atomic E-state index is 12.5. The van der Waals surface area contributed by atoms with Gasteiger partial charge < -0.3 is 0 Å². The van der Waals surface area contributed by atoms with Gasteiger partial charge in [0.15, 0.2) is 0 Å². The molecule has 3 heteroatoms. The van der Waals surface area contributed by atoms with Crippen LogP contribution in [0, 0.1) is 0 Å². The monoisotopic (exact) mass is 153 g/mol. The highest BCUT2D eigenvalue weighted by atomic mass is 19.3. The molecule has 0 radical (unpaired) electrons. The Balaban J connectivity index is 2.81. The largest absolute Gasteiger partial charge is 0.363 e. The fourth-order valence-electron chi connectivity index (χ4n) is 1.09. The Morgan fingerprint density at radius 1 is 1.18 bits per heavy atom. The lowest BCUT2D eigenvalue weighted by Gasteiger charge is -1.96. The van der Waals surface area contributed by atoms with Crippen LogP contribution in [-0.4, -0.2) is 6.05 Å². The summed E-state index contributed by atoms with van der Waals surface area (Å²) in [6, 6.07) is 3.61. The van der Waals surface area contributed by atoms with E-state index >= 15 is 0 Å². The quantitative estimate of drug-likeness (QED) is 0.486. The molecule has 0 atom stereocenters. The Morgan fingerprint density at radius 2 is 1.91 bits per heavy atom. The molecule has 0 saturated carbocycles. The van der Waals surface area contributed by atoms with Crippen molar-refractivity contribution in [2.45, 2.75) is 6.05 Å². The summed E-state index contributed by atoms with van der Waals surface area (Å²) in [7, 11) is 0. The third-order valence-corrected chi connectivity index (χ3v) is 1.54.